The van der Waals surface area contributed by atoms with Gasteiger partial charge in [-0.15, -0.1) is 5.10 Å². The number of hydrogen-bond acceptors (Lipinski definition) is 4. The van der Waals surface area contributed by atoms with Crippen molar-refractivity contribution in [2.45, 2.75) is 33.0 Å². The van der Waals surface area contributed by atoms with Gasteiger partial charge in [-0.1, -0.05) is 31.2 Å². The summed E-state index contributed by atoms with van der Waals surface area (Å²) in [5, 5.41) is 7.76. The minimum Gasteiger partial charge on any atom is -0.337 e. The van der Waals surface area contributed by atoms with Crippen molar-refractivity contribution in [1.29, 1.82) is 0 Å². The number of amides is 1. The Morgan fingerprint density at radius 3 is 2.52 bits per heavy atom. The first-order valence-corrected chi connectivity index (χ1v) is 7.52. The largest absolute Gasteiger partial charge is 0.337 e. The highest BCUT2D eigenvalue weighted by atomic mass is 19.1. The molecule has 0 fully saturated rings. The molecular weight excluding hydrogens is 297 g/mol. The number of likely N-dealkylation sites (N-methyl/N-ethyl adjacent to an activating group) is 1. The lowest BCUT2D eigenvalue weighted by atomic mass is 9.94. The summed E-state index contributed by atoms with van der Waals surface area (Å²) in [5.41, 5.74) is 7.03. The van der Waals surface area contributed by atoms with Crippen molar-refractivity contribution >= 4 is 5.91 Å². The Morgan fingerprint density at radius 2 is 2.00 bits per heavy atom. The van der Waals surface area contributed by atoms with Crippen LogP contribution in [-0.2, 0) is 17.9 Å². The number of carbonyl (C=O) groups is 1. The molecule has 1 heterocycles. The summed E-state index contributed by atoms with van der Waals surface area (Å²) in [5.74, 6) is -0.201. The van der Waals surface area contributed by atoms with Crippen LogP contribution in [-0.4, -0.2) is 32.8 Å². The molecule has 1 atom stereocenters. The van der Waals surface area contributed by atoms with Crippen LogP contribution in [0.3, 0.4) is 0 Å². The SMILES string of the molecule is CC(C)C(c1ccc(F)cc1)N(C)C(=O)Cn1cc(CN)nn1. The molecule has 1 aromatic heterocycles. The van der Waals surface area contributed by atoms with Gasteiger partial charge in [0.05, 0.1) is 17.9 Å². The predicted molar refractivity (Wildman–Crippen MR) is 84.7 cm³/mol. The van der Waals surface area contributed by atoms with Crippen LogP contribution in [0.5, 0.6) is 0 Å². The molecule has 1 aromatic carbocycles. The van der Waals surface area contributed by atoms with E-state index >= 15 is 0 Å². The molecule has 0 radical (unpaired) electrons. The highest BCUT2D eigenvalue weighted by molar-refractivity contribution is 5.76. The van der Waals surface area contributed by atoms with Gasteiger partial charge in [-0.2, -0.15) is 0 Å². The van der Waals surface area contributed by atoms with E-state index in [4.69, 9.17) is 5.73 Å². The second kappa shape index (κ2) is 7.32. The van der Waals surface area contributed by atoms with Crippen LogP contribution < -0.4 is 5.73 Å². The average Bonchev–Trinajstić information content (AvgIpc) is 2.96. The molecule has 1 unspecified atom stereocenters. The molecule has 2 rings (SSSR count). The number of hydrogen-bond donors (Lipinski definition) is 1. The fraction of sp³-hybridized carbons (Fsp3) is 0.438. The van der Waals surface area contributed by atoms with Gasteiger partial charge in [0, 0.05) is 13.6 Å². The van der Waals surface area contributed by atoms with Crippen molar-refractivity contribution in [2.24, 2.45) is 11.7 Å². The number of nitrogens with two attached hydrogens (primary N) is 1. The van der Waals surface area contributed by atoms with Crippen LogP contribution >= 0.6 is 0 Å². The van der Waals surface area contributed by atoms with E-state index in [1.54, 1.807) is 30.3 Å². The number of aromatic nitrogens is 3. The highest BCUT2D eigenvalue weighted by Gasteiger charge is 2.25. The number of rotatable bonds is 6. The molecule has 0 aliphatic carbocycles. The third-order valence-electron chi connectivity index (χ3n) is 3.75. The number of carbonyl (C=O) groups excluding carboxylic acids is 1. The van der Waals surface area contributed by atoms with E-state index in [1.165, 1.54) is 16.8 Å². The van der Waals surface area contributed by atoms with Gasteiger partial charge in [-0.25, -0.2) is 9.07 Å². The van der Waals surface area contributed by atoms with Crippen molar-refractivity contribution in [1.82, 2.24) is 19.9 Å². The Morgan fingerprint density at radius 1 is 1.35 bits per heavy atom. The van der Waals surface area contributed by atoms with Gasteiger partial charge in [0.15, 0.2) is 0 Å². The molecule has 0 saturated carbocycles. The van der Waals surface area contributed by atoms with E-state index in [0.717, 1.165) is 5.56 Å². The Kier molecular flexibility index (Phi) is 5.44. The first kappa shape index (κ1) is 17.1. The molecule has 2 aromatic rings. The summed E-state index contributed by atoms with van der Waals surface area (Å²) >= 11 is 0. The van der Waals surface area contributed by atoms with Gasteiger partial charge >= 0.3 is 0 Å². The van der Waals surface area contributed by atoms with Crippen LogP contribution in [0.15, 0.2) is 30.5 Å². The zero-order chi connectivity index (χ0) is 17.0. The highest BCUT2D eigenvalue weighted by Crippen LogP contribution is 2.27. The number of halogens is 1. The molecule has 2 N–H and O–H groups in total. The van der Waals surface area contributed by atoms with Gasteiger partial charge in [0.1, 0.15) is 12.4 Å². The molecule has 124 valence electrons. The molecule has 0 spiro atoms. The fourth-order valence-corrected chi connectivity index (χ4v) is 2.63. The zero-order valence-electron chi connectivity index (χ0n) is 13.6. The second-order valence-electron chi connectivity index (χ2n) is 5.86. The molecule has 23 heavy (non-hydrogen) atoms. The van der Waals surface area contributed by atoms with E-state index < -0.39 is 0 Å². The molecular formula is C16H22FN5O. The van der Waals surface area contributed by atoms with E-state index in [-0.39, 0.29) is 36.8 Å². The van der Waals surface area contributed by atoms with Crippen molar-refractivity contribution in [3.63, 3.8) is 0 Å². The maximum atomic E-state index is 13.1. The first-order valence-electron chi connectivity index (χ1n) is 7.52. The fourth-order valence-electron chi connectivity index (χ4n) is 2.63. The molecule has 0 aliphatic heterocycles. The van der Waals surface area contributed by atoms with E-state index in [9.17, 15) is 9.18 Å². The normalized spacial score (nSPS) is 12.4. The summed E-state index contributed by atoms with van der Waals surface area (Å²) < 4.78 is 14.6. The topological polar surface area (TPSA) is 77.0 Å². The zero-order valence-corrected chi connectivity index (χ0v) is 13.6. The quantitative estimate of drug-likeness (QED) is 0.879. The summed E-state index contributed by atoms with van der Waals surface area (Å²) in [7, 11) is 1.75. The van der Waals surface area contributed by atoms with Gasteiger partial charge < -0.3 is 10.6 Å². The van der Waals surface area contributed by atoms with Gasteiger partial charge in [-0.3, -0.25) is 4.79 Å². The third kappa shape index (κ3) is 4.13. The summed E-state index contributed by atoms with van der Waals surface area (Å²) in [6.45, 7) is 4.43. The standard InChI is InChI=1S/C16H22FN5O/c1-11(2)16(12-4-6-13(17)7-5-12)21(3)15(23)10-22-9-14(8-18)19-20-22/h4-7,9,11,16H,8,10,18H2,1-3H3. The van der Waals surface area contributed by atoms with Gasteiger partial charge in [0.2, 0.25) is 5.91 Å². The number of nitrogens with zero attached hydrogens (tertiary/aromatic N) is 4. The van der Waals surface area contributed by atoms with Crippen LogP contribution in [0.1, 0.15) is 31.1 Å². The van der Waals surface area contributed by atoms with Gasteiger partial charge in [0.25, 0.3) is 0 Å². The Hall–Kier alpha value is -2.28. The Balaban J connectivity index is 2.14. The lowest BCUT2D eigenvalue weighted by molar-refractivity contribution is -0.133. The van der Waals surface area contributed by atoms with Crippen LogP contribution in [0, 0.1) is 11.7 Å². The minimum absolute atomic E-state index is 0.0912. The molecule has 0 bridgehead atoms. The number of benzene rings is 1. The lowest BCUT2D eigenvalue weighted by Crippen LogP contribution is -2.36. The Bertz CT molecular complexity index is 653. The summed E-state index contributed by atoms with van der Waals surface area (Å²) in [4.78, 5) is 14.2. The first-order chi connectivity index (χ1) is 10.9. The summed E-state index contributed by atoms with van der Waals surface area (Å²) in [6.07, 6.45) is 1.66. The van der Waals surface area contributed by atoms with Crippen LogP contribution in [0.25, 0.3) is 0 Å². The summed E-state index contributed by atoms with van der Waals surface area (Å²) in [6, 6.07) is 6.11. The van der Waals surface area contributed by atoms with Crippen molar-refractivity contribution < 1.29 is 9.18 Å². The van der Waals surface area contributed by atoms with E-state index in [1.807, 2.05) is 13.8 Å². The van der Waals surface area contributed by atoms with Crippen LogP contribution in [0.4, 0.5) is 4.39 Å². The molecule has 0 saturated heterocycles. The Labute approximate surface area is 135 Å². The van der Waals surface area contributed by atoms with E-state index in [2.05, 4.69) is 10.3 Å². The molecule has 6 nitrogen and oxygen atoms in total. The van der Waals surface area contributed by atoms with Crippen molar-refractivity contribution in [3.8, 4) is 0 Å². The maximum Gasteiger partial charge on any atom is 0.244 e. The lowest BCUT2D eigenvalue weighted by Gasteiger charge is -2.31. The molecule has 7 heteroatoms. The third-order valence-corrected chi connectivity index (χ3v) is 3.75. The van der Waals surface area contributed by atoms with Crippen LogP contribution in [0.2, 0.25) is 0 Å². The maximum absolute atomic E-state index is 13.1. The minimum atomic E-state index is -0.290. The monoisotopic (exact) mass is 319 g/mol. The van der Waals surface area contributed by atoms with E-state index in [0.29, 0.717) is 5.69 Å². The molecule has 0 aliphatic rings. The van der Waals surface area contributed by atoms with Crippen molar-refractivity contribution in [2.75, 3.05) is 7.05 Å². The second-order valence-corrected chi connectivity index (χ2v) is 5.86. The van der Waals surface area contributed by atoms with Gasteiger partial charge in [-0.05, 0) is 23.6 Å². The predicted octanol–water partition coefficient (Wildman–Crippen LogP) is 1.73. The van der Waals surface area contributed by atoms with Crippen molar-refractivity contribution in [3.05, 3.63) is 47.5 Å². The average molecular weight is 319 g/mol. The molecule has 1 amide bonds. The smallest absolute Gasteiger partial charge is 0.244 e.